The lowest BCUT2D eigenvalue weighted by Crippen LogP contribution is -2.06. The van der Waals surface area contributed by atoms with Crippen LogP contribution in [0.25, 0.3) is 10.9 Å². The molecule has 0 aliphatic heterocycles. The van der Waals surface area contributed by atoms with Gasteiger partial charge in [0.1, 0.15) is 0 Å². The van der Waals surface area contributed by atoms with Crippen molar-refractivity contribution >= 4 is 28.6 Å². The number of nitrogens with one attached hydrogen (secondary N) is 1. The molecule has 0 atom stereocenters. The molecule has 0 radical (unpaired) electrons. The van der Waals surface area contributed by atoms with Crippen LogP contribution in [0.2, 0.25) is 0 Å². The van der Waals surface area contributed by atoms with E-state index in [9.17, 15) is 0 Å². The largest absolute Gasteiger partial charge is 0.361 e. The number of hydrogen-bond donors (Lipinski definition) is 1. The molecule has 2 nitrogen and oxygen atoms in total. The molecule has 1 N–H and O–H groups in total. The highest BCUT2D eigenvalue weighted by Gasteiger charge is 2.11. The second kappa shape index (κ2) is 6.80. The third-order valence-corrected chi connectivity index (χ3v) is 3.35. The van der Waals surface area contributed by atoms with Crippen LogP contribution < -0.4 is 0 Å². The van der Waals surface area contributed by atoms with Gasteiger partial charge in [0.2, 0.25) is 0 Å². The summed E-state index contributed by atoms with van der Waals surface area (Å²) < 4.78 is 4.77. The summed E-state index contributed by atoms with van der Waals surface area (Å²) in [5, 5.41) is 1.24. The van der Waals surface area contributed by atoms with Gasteiger partial charge in [0.05, 0.1) is 5.71 Å². The van der Waals surface area contributed by atoms with E-state index in [1.165, 1.54) is 10.9 Å². The molecule has 0 spiro atoms. The fourth-order valence-corrected chi connectivity index (χ4v) is 2.16. The third-order valence-electron chi connectivity index (χ3n) is 2.44. The Bertz CT molecular complexity index is 547. The molecule has 0 aliphatic rings. The Morgan fingerprint density at radius 2 is 1.84 bits per heavy atom. The summed E-state index contributed by atoms with van der Waals surface area (Å²) in [7, 11) is 0. The van der Waals surface area contributed by atoms with E-state index in [1.54, 1.807) is 11.9 Å². The average molecular weight is 276 g/mol. The molecule has 1 aromatic carbocycles. The molecule has 0 fully saturated rings. The van der Waals surface area contributed by atoms with Crippen LogP contribution in [0.4, 0.5) is 0 Å². The molecule has 1 heterocycles. The summed E-state index contributed by atoms with van der Waals surface area (Å²) in [4.78, 5) is 3.23. The SMILES string of the molecule is C/C(=N\SC(C)(C)C)c1cccc2[nH]ccc12.CC. The van der Waals surface area contributed by atoms with Crippen LogP contribution >= 0.6 is 11.9 Å². The molecule has 0 aliphatic carbocycles. The summed E-state index contributed by atoms with van der Waals surface area (Å²) in [5.74, 6) is 0. The molecule has 3 heteroatoms. The first-order valence-electron chi connectivity index (χ1n) is 6.77. The van der Waals surface area contributed by atoms with Crippen molar-refractivity contribution in [3.8, 4) is 0 Å². The Morgan fingerprint density at radius 1 is 1.16 bits per heavy atom. The minimum Gasteiger partial charge on any atom is -0.361 e. The first-order chi connectivity index (χ1) is 8.97. The Morgan fingerprint density at radius 3 is 2.47 bits per heavy atom. The summed E-state index contributed by atoms with van der Waals surface area (Å²) in [6, 6.07) is 8.38. The highest BCUT2D eigenvalue weighted by molar-refractivity contribution is 7.99. The first-order valence-corrected chi connectivity index (χ1v) is 7.54. The topological polar surface area (TPSA) is 28.1 Å². The Labute approximate surface area is 120 Å². The molecule has 2 rings (SSSR count). The number of hydrogen-bond acceptors (Lipinski definition) is 2. The van der Waals surface area contributed by atoms with Gasteiger partial charge in [-0.2, -0.15) is 0 Å². The third kappa shape index (κ3) is 4.43. The van der Waals surface area contributed by atoms with E-state index < -0.39 is 0 Å². The molecule has 104 valence electrons. The quantitative estimate of drug-likeness (QED) is 0.573. The number of aromatic amines is 1. The van der Waals surface area contributed by atoms with Crippen molar-refractivity contribution < 1.29 is 0 Å². The molecular formula is C16H24N2S. The van der Waals surface area contributed by atoms with E-state index in [1.807, 2.05) is 20.0 Å². The molecule has 0 unspecified atom stereocenters. The Kier molecular flexibility index (Phi) is 5.67. The lowest BCUT2D eigenvalue weighted by molar-refractivity contribution is 0.804. The van der Waals surface area contributed by atoms with Crippen LogP contribution in [0, 0.1) is 0 Å². The van der Waals surface area contributed by atoms with Crippen LogP contribution in [0.5, 0.6) is 0 Å². The first kappa shape index (κ1) is 15.8. The lowest BCUT2D eigenvalue weighted by atomic mass is 10.1. The molecule has 0 saturated heterocycles. The molecular weight excluding hydrogens is 252 g/mol. The highest BCUT2D eigenvalue weighted by Crippen LogP contribution is 2.26. The van der Waals surface area contributed by atoms with Crippen LogP contribution in [-0.4, -0.2) is 15.4 Å². The van der Waals surface area contributed by atoms with Gasteiger partial charge in [-0.1, -0.05) is 26.0 Å². The van der Waals surface area contributed by atoms with Crippen molar-refractivity contribution in [2.75, 3.05) is 0 Å². The van der Waals surface area contributed by atoms with Gasteiger partial charge >= 0.3 is 0 Å². The van der Waals surface area contributed by atoms with E-state index in [4.69, 9.17) is 0 Å². The number of H-pyrrole nitrogens is 1. The summed E-state index contributed by atoms with van der Waals surface area (Å²) in [6.45, 7) is 12.6. The van der Waals surface area contributed by atoms with Gasteiger partial charge in [0, 0.05) is 27.4 Å². The zero-order chi connectivity index (χ0) is 14.5. The Balaban J connectivity index is 0.000000861. The van der Waals surface area contributed by atoms with E-state index in [2.05, 4.69) is 61.3 Å². The lowest BCUT2D eigenvalue weighted by Gasteiger charge is -2.13. The van der Waals surface area contributed by atoms with E-state index >= 15 is 0 Å². The van der Waals surface area contributed by atoms with Crippen molar-refractivity contribution in [1.82, 2.24) is 4.98 Å². The van der Waals surface area contributed by atoms with Crippen molar-refractivity contribution in [3.05, 3.63) is 36.0 Å². The zero-order valence-electron chi connectivity index (χ0n) is 12.7. The summed E-state index contributed by atoms with van der Waals surface area (Å²) in [5.41, 5.74) is 3.45. The number of rotatable bonds is 2. The van der Waals surface area contributed by atoms with Crippen LogP contribution in [0.3, 0.4) is 0 Å². The summed E-state index contributed by atoms with van der Waals surface area (Å²) >= 11 is 1.63. The maximum Gasteiger partial charge on any atom is 0.0535 e. The molecule has 19 heavy (non-hydrogen) atoms. The normalized spacial score (nSPS) is 12.2. The number of aromatic nitrogens is 1. The predicted molar refractivity (Wildman–Crippen MR) is 89.2 cm³/mol. The minimum atomic E-state index is 0.160. The van der Waals surface area contributed by atoms with Gasteiger partial charge in [0.25, 0.3) is 0 Å². The number of nitrogens with zero attached hydrogens (tertiary/aromatic N) is 1. The fraction of sp³-hybridized carbons (Fsp3) is 0.438. The van der Waals surface area contributed by atoms with Crippen molar-refractivity contribution in [2.24, 2.45) is 4.40 Å². The minimum absolute atomic E-state index is 0.160. The van der Waals surface area contributed by atoms with E-state index in [0.717, 1.165) is 11.2 Å². The van der Waals surface area contributed by atoms with Gasteiger partial charge in [0.15, 0.2) is 0 Å². The van der Waals surface area contributed by atoms with Crippen molar-refractivity contribution in [2.45, 2.75) is 46.3 Å². The van der Waals surface area contributed by atoms with Gasteiger partial charge in [-0.15, -0.1) is 0 Å². The van der Waals surface area contributed by atoms with E-state index in [0.29, 0.717) is 0 Å². The number of benzene rings is 1. The van der Waals surface area contributed by atoms with Gasteiger partial charge in [-0.05, 0) is 51.8 Å². The van der Waals surface area contributed by atoms with Gasteiger partial charge < -0.3 is 4.98 Å². The monoisotopic (exact) mass is 276 g/mol. The fourth-order valence-electron chi connectivity index (χ4n) is 1.66. The van der Waals surface area contributed by atoms with E-state index in [-0.39, 0.29) is 4.75 Å². The highest BCUT2D eigenvalue weighted by atomic mass is 32.2. The molecule has 0 amide bonds. The summed E-state index contributed by atoms with van der Waals surface area (Å²) in [6.07, 6.45) is 1.97. The maximum atomic E-state index is 4.61. The van der Waals surface area contributed by atoms with Crippen molar-refractivity contribution in [1.29, 1.82) is 0 Å². The average Bonchev–Trinajstić information content (AvgIpc) is 2.85. The predicted octanol–water partition coefficient (Wildman–Crippen LogP) is 5.45. The molecule has 1 aromatic heterocycles. The molecule has 0 bridgehead atoms. The molecule has 2 aromatic rings. The maximum absolute atomic E-state index is 4.61. The smallest absolute Gasteiger partial charge is 0.0535 e. The zero-order valence-corrected chi connectivity index (χ0v) is 13.6. The van der Waals surface area contributed by atoms with Crippen LogP contribution in [0.15, 0.2) is 34.9 Å². The van der Waals surface area contributed by atoms with Crippen LogP contribution in [-0.2, 0) is 0 Å². The Hall–Kier alpha value is -1.22. The number of fused-ring (bicyclic) bond motifs is 1. The van der Waals surface area contributed by atoms with Gasteiger partial charge in [-0.25, -0.2) is 4.40 Å². The van der Waals surface area contributed by atoms with Crippen molar-refractivity contribution in [3.63, 3.8) is 0 Å². The standard InChI is InChI=1S/C14H18N2S.C2H6/c1-10(16-17-14(2,3)4)11-6-5-7-13-12(11)8-9-15-13;1-2/h5-9,15H,1-4H3;1-2H3/b16-10+;. The molecule has 0 saturated carbocycles. The van der Waals surface area contributed by atoms with Gasteiger partial charge in [-0.3, -0.25) is 0 Å². The van der Waals surface area contributed by atoms with Crippen LogP contribution in [0.1, 0.15) is 47.1 Å². The second-order valence-corrected chi connectivity index (χ2v) is 6.71. The second-order valence-electron chi connectivity index (χ2n) is 5.12.